The number of rotatable bonds is 5. The highest BCUT2D eigenvalue weighted by molar-refractivity contribution is 5.79. The fraction of sp³-hybridized carbons (Fsp3) is 0.765. The Morgan fingerprint density at radius 3 is 2.61 bits per heavy atom. The number of likely N-dealkylation sites (tertiary alicyclic amines) is 1. The number of aromatic nitrogens is 1. The van der Waals surface area contributed by atoms with E-state index in [1.165, 1.54) is 25.9 Å². The molecular weight excluding hydrogens is 290 g/mol. The second-order valence-corrected chi connectivity index (χ2v) is 6.62. The quantitative estimate of drug-likeness (QED) is 0.642. The lowest BCUT2D eigenvalue weighted by Gasteiger charge is -2.35. The zero-order chi connectivity index (χ0) is 16.8. The molecule has 6 heteroatoms. The molecule has 1 aromatic rings. The van der Waals surface area contributed by atoms with E-state index in [1.807, 2.05) is 13.8 Å². The number of piperidine rings is 1. The van der Waals surface area contributed by atoms with Gasteiger partial charge in [0.15, 0.2) is 5.96 Å². The van der Waals surface area contributed by atoms with Crippen molar-refractivity contribution in [3.63, 3.8) is 0 Å². The van der Waals surface area contributed by atoms with Crippen molar-refractivity contribution >= 4 is 5.96 Å². The van der Waals surface area contributed by atoms with E-state index in [-0.39, 0.29) is 0 Å². The third-order valence-corrected chi connectivity index (χ3v) is 4.71. The van der Waals surface area contributed by atoms with Crippen molar-refractivity contribution in [2.75, 3.05) is 26.7 Å². The Balaban J connectivity index is 1.74. The molecule has 2 N–H and O–H groups in total. The number of hydrogen-bond donors (Lipinski definition) is 2. The minimum absolute atomic E-state index is 0.507. The summed E-state index contributed by atoms with van der Waals surface area (Å²) in [5, 5.41) is 6.65. The van der Waals surface area contributed by atoms with Gasteiger partial charge in [0, 0.05) is 19.6 Å². The highest BCUT2D eigenvalue weighted by atomic mass is 16.4. The first kappa shape index (κ1) is 17.8. The molecule has 1 fully saturated rings. The van der Waals surface area contributed by atoms with Crippen LogP contribution in [0, 0.1) is 19.8 Å². The normalized spacial score (nSPS) is 18.9. The Morgan fingerprint density at radius 2 is 2.04 bits per heavy atom. The minimum atomic E-state index is 0.507. The molecule has 1 aliphatic rings. The molecule has 2 rings (SSSR count). The Bertz CT molecular complexity index is 498. The summed E-state index contributed by atoms with van der Waals surface area (Å²) in [5.74, 6) is 3.22. The van der Waals surface area contributed by atoms with Crippen molar-refractivity contribution in [3.8, 4) is 0 Å². The summed E-state index contributed by atoms with van der Waals surface area (Å²) in [7, 11) is 1.79. The van der Waals surface area contributed by atoms with Crippen molar-refractivity contribution in [1.29, 1.82) is 0 Å². The molecule has 0 radical (unpaired) electrons. The zero-order valence-corrected chi connectivity index (χ0v) is 15.1. The molecule has 23 heavy (non-hydrogen) atoms. The zero-order valence-electron chi connectivity index (χ0n) is 15.1. The number of aryl methyl sites for hydroxylation is 2. The molecule has 0 aliphatic carbocycles. The van der Waals surface area contributed by atoms with Crippen LogP contribution in [0.3, 0.4) is 0 Å². The molecule has 0 aromatic carbocycles. The molecule has 2 heterocycles. The van der Waals surface area contributed by atoms with E-state index in [9.17, 15) is 0 Å². The van der Waals surface area contributed by atoms with Crippen molar-refractivity contribution in [1.82, 2.24) is 20.5 Å². The van der Waals surface area contributed by atoms with Gasteiger partial charge in [-0.2, -0.15) is 0 Å². The predicted molar refractivity (Wildman–Crippen MR) is 93.6 cm³/mol. The first-order chi connectivity index (χ1) is 11.0. The third-order valence-electron chi connectivity index (χ3n) is 4.71. The van der Waals surface area contributed by atoms with Gasteiger partial charge in [0.05, 0.1) is 12.2 Å². The highest BCUT2D eigenvalue weighted by Gasteiger charge is 2.20. The monoisotopic (exact) mass is 321 g/mol. The second-order valence-electron chi connectivity index (χ2n) is 6.62. The van der Waals surface area contributed by atoms with Gasteiger partial charge in [-0.25, -0.2) is 4.98 Å². The van der Waals surface area contributed by atoms with Crippen molar-refractivity contribution in [2.45, 2.75) is 53.1 Å². The maximum absolute atomic E-state index is 5.58. The van der Waals surface area contributed by atoms with Crippen LogP contribution in [0.15, 0.2) is 9.41 Å². The fourth-order valence-corrected chi connectivity index (χ4v) is 2.84. The van der Waals surface area contributed by atoms with E-state index < -0.39 is 0 Å². The van der Waals surface area contributed by atoms with Crippen LogP contribution in [0.2, 0.25) is 0 Å². The molecule has 0 saturated carbocycles. The van der Waals surface area contributed by atoms with Gasteiger partial charge in [-0.05, 0) is 52.6 Å². The van der Waals surface area contributed by atoms with Crippen LogP contribution in [0.4, 0.5) is 0 Å². The van der Waals surface area contributed by atoms with E-state index in [2.05, 4.69) is 39.4 Å². The molecule has 1 saturated heterocycles. The average Bonchev–Trinajstić information content (AvgIpc) is 2.86. The molecule has 1 aromatic heterocycles. The van der Waals surface area contributed by atoms with Gasteiger partial charge in [0.25, 0.3) is 0 Å². The SMILES string of the molecule is CN=C(NCc1nc(C)c(C)o1)NCC(C)N1CCC(C)CC1. The van der Waals surface area contributed by atoms with Crippen LogP contribution in [-0.2, 0) is 6.54 Å². The molecule has 1 unspecified atom stereocenters. The van der Waals surface area contributed by atoms with Crippen LogP contribution >= 0.6 is 0 Å². The van der Waals surface area contributed by atoms with Crippen molar-refractivity contribution in [2.24, 2.45) is 10.9 Å². The molecule has 0 bridgehead atoms. The third kappa shape index (κ3) is 5.23. The Kier molecular flexibility index (Phi) is 6.45. The van der Waals surface area contributed by atoms with Crippen molar-refractivity contribution < 1.29 is 4.42 Å². The van der Waals surface area contributed by atoms with E-state index in [4.69, 9.17) is 4.42 Å². The summed E-state index contributed by atoms with van der Waals surface area (Å²) in [4.78, 5) is 11.2. The van der Waals surface area contributed by atoms with Gasteiger partial charge >= 0.3 is 0 Å². The lowest BCUT2D eigenvalue weighted by atomic mass is 9.98. The summed E-state index contributed by atoms with van der Waals surface area (Å²) in [6, 6.07) is 0.507. The van der Waals surface area contributed by atoms with Crippen LogP contribution in [0.25, 0.3) is 0 Å². The van der Waals surface area contributed by atoms with Crippen molar-refractivity contribution in [3.05, 3.63) is 17.3 Å². The maximum atomic E-state index is 5.58. The summed E-state index contributed by atoms with van der Waals surface area (Å²) >= 11 is 0. The smallest absolute Gasteiger partial charge is 0.214 e. The van der Waals surface area contributed by atoms with Gasteiger partial charge < -0.3 is 15.1 Å². The molecule has 6 nitrogen and oxygen atoms in total. The lowest BCUT2D eigenvalue weighted by Crippen LogP contribution is -2.48. The van der Waals surface area contributed by atoms with E-state index in [0.717, 1.165) is 29.9 Å². The molecule has 1 atom stereocenters. The van der Waals surface area contributed by atoms with Gasteiger partial charge in [-0.3, -0.25) is 9.89 Å². The summed E-state index contributed by atoms with van der Waals surface area (Å²) in [6.45, 7) is 12.3. The van der Waals surface area contributed by atoms with Gasteiger partial charge in [0.2, 0.25) is 5.89 Å². The van der Waals surface area contributed by atoms with Gasteiger partial charge in [0.1, 0.15) is 5.76 Å². The number of nitrogens with zero attached hydrogens (tertiary/aromatic N) is 3. The number of nitrogens with one attached hydrogen (secondary N) is 2. The van der Waals surface area contributed by atoms with Crippen LogP contribution in [0.1, 0.15) is 44.0 Å². The molecular formula is C17H31N5O. The molecule has 0 spiro atoms. The first-order valence-corrected chi connectivity index (χ1v) is 8.61. The lowest BCUT2D eigenvalue weighted by molar-refractivity contribution is 0.147. The van der Waals surface area contributed by atoms with Gasteiger partial charge in [-0.1, -0.05) is 6.92 Å². The maximum Gasteiger partial charge on any atom is 0.214 e. The molecule has 1 aliphatic heterocycles. The standard InChI is InChI=1S/C17H31N5O/c1-12-6-8-22(9-7-12)13(2)10-19-17(18-5)20-11-16-21-14(3)15(4)23-16/h12-13H,6-11H2,1-5H3,(H2,18,19,20). The van der Waals surface area contributed by atoms with Crippen LogP contribution in [-0.4, -0.2) is 48.6 Å². The minimum Gasteiger partial charge on any atom is -0.444 e. The van der Waals surface area contributed by atoms with E-state index in [1.54, 1.807) is 7.05 Å². The number of guanidine groups is 1. The average molecular weight is 321 g/mol. The number of hydrogen-bond acceptors (Lipinski definition) is 4. The summed E-state index contributed by atoms with van der Waals surface area (Å²) in [5.41, 5.74) is 0.942. The predicted octanol–water partition coefficient (Wildman–Crippen LogP) is 2.08. The first-order valence-electron chi connectivity index (χ1n) is 8.61. The summed E-state index contributed by atoms with van der Waals surface area (Å²) < 4.78 is 5.58. The molecule has 0 amide bonds. The van der Waals surface area contributed by atoms with Crippen LogP contribution < -0.4 is 10.6 Å². The molecule has 130 valence electrons. The Morgan fingerprint density at radius 1 is 1.35 bits per heavy atom. The number of oxazole rings is 1. The van der Waals surface area contributed by atoms with E-state index >= 15 is 0 Å². The van der Waals surface area contributed by atoms with Gasteiger partial charge in [-0.15, -0.1) is 0 Å². The van der Waals surface area contributed by atoms with Crippen LogP contribution in [0.5, 0.6) is 0 Å². The second kappa shape index (κ2) is 8.34. The Labute approximate surface area is 139 Å². The largest absolute Gasteiger partial charge is 0.444 e. The fourth-order valence-electron chi connectivity index (χ4n) is 2.84. The Hall–Kier alpha value is -1.56. The number of aliphatic imine (C=N–C) groups is 1. The topological polar surface area (TPSA) is 65.7 Å². The highest BCUT2D eigenvalue weighted by Crippen LogP contribution is 2.17. The summed E-state index contributed by atoms with van der Waals surface area (Å²) in [6.07, 6.45) is 2.61. The van der Waals surface area contributed by atoms with E-state index in [0.29, 0.717) is 18.5 Å².